The van der Waals surface area contributed by atoms with Crippen LogP contribution in [0.5, 0.6) is 0 Å². The largest absolute Gasteiger partial charge is 0.394 e. The number of ether oxygens (including phenoxy) is 1. The fraction of sp³-hybridized carbons (Fsp3) is 0.400. The molecule has 7 nitrogen and oxygen atoms in total. The second kappa shape index (κ2) is 7.64. The molecule has 0 saturated carbocycles. The molecule has 1 fully saturated rings. The number of anilines is 1. The van der Waals surface area contributed by atoms with Gasteiger partial charge in [-0.25, -0.2) is 9.97 Å². The van der Waals surface area contributed by atoms with Crippen LogP contribution < -0.4 is 5.32 Å². The molecule has 2 atom stereocenters. The molecule has 3 aromatic rings. The molecule has 1 aliphatic heterocycles. The Kier molecular flexibility index (Phi) is 5.07. The Hall–Kier alpha value is -2.48. The number of nitrogens with one attached hydrogen (secondary N) is 1. The first-order chi connectivity index (χ1) is 13.2. The standard InChI is InChI=1S/C20H25N5O2/c1-16-12-27-15-20(14-26,25(16)11-17-5-3-2-4-6-17)13-23-18-7-8-21-19-22-9-10-24(18)19/h2-10,16,23,26H,11-15H2,1H3/t16-,20+/m1/s1. The Bertz CT molecular complexity index is 884. The summed E-state index contributed by atoms with van der Waals surface area (Å²) >= 11 is 0. The van der Waals surface area contributed by atoms with E-state index in [-0.39, 0.29) is 12.6 Å². The van der Waals surface area contributed by atoms with E-state index in [1.54, 1.807) is 12.4 Å². The van der Waals surface area contributed by atoms with Crippen molar-refractivity contribution < 1.29 is 9.84 Å². The van der Waals surface area contributed by atoms with Crippen molar-refractivity contribution in [2.24, 2.45) is 0 Å². The second-order valence-electron chi connectivity index (χ2n) is 7.14. The lowest BCUT2D eigenvalue weighted by Crippen LogP contribution is -2.65. The van der Waals surface area contributed by atoms with E-state index in [9.17, 15) is 5.11 Å². The highest BCUT2D eigenvalue weighted by Crippen LogP contribution is 2.27. The van der Waals surface area contributed by atoms with Crippen LogP contribution in [0.1, 0.15) is 12.5 Å². The zero-order chi connectivity index (χ0) is 18.7. The molecule has 4 rings (SSSR count). The van der Waals surface area contributed by atoms with Gasteiger partial charge in [-0.05, 0) is 18.6 Å². The van der Waals surface area contributed by atoms with E-state index < -0.39 is 5.54 Å². The molecule has 1 saturated heterocycles. The summed E-state index contributed by atoms with van der Waals surface area (Å²) in [5, 5.41) is 13.8. The Morgan fingerprint density at radius 3 is 2.85 bits per heavy atom. The number of morpholine rings is 1. The zero-order valence-electron chi connectivity index (χ0n) is 15.5. The van der Waals surface area contributed by atoms with Crippen molar-refractivity contribution >= 4 is 11.6 Å². The van der Waals surface area contributed by atoms with Crippen LogP contribution in [-0.2, 0) is 11.3 Å². The molecule has 2 N–H and O–H groups in total. The van der Waals surface area contributed by atoms with Crippen LogP contribution in [-0.4, -0.2) is 62.3 Å². The molecule has 0 amide bonds. The number of rotatable bonds is 6. The number of hydrogen-bond donors (Lipinski definition) is 2. The maximum Gasteiger partial charge on any atom is 0.235 e. The number of imidazole rings is 1. The minimum atomic E-state index is -0.510. The number of hydrogen-bond acceptors (Lipinski definition) is 6. The van der Waals surface area contributed by atoms with E-state index in [0.29, 0.717) is 25.5 Å². The lowest BCUT2D eigenvalue weighted by Gasteiger charge is -2.49. The monoisotopic (exact) mass is 367 g/mol. The fourth-order valence-corrected chi connectivity index (χ4v) is 3.74. The number of nitrogens with zero attached hydrogens (tertiary/aromatic N) is 4. The summed E-state index contributed by atoms with van der Waals surface area (Å²) in [6, 6.07) is 12.5. The van der Waals surface area contributed by atoms with Gasteiger partial charge in [0.2, 0.25) is 5.78 Å². The van der Waals surface area contributed by atoms with Crippen molar-refractivity contribution in [1.29, 1.82) is 0 Å². The SMILES string of the molecule is C[C@@H]1COC[C@@](CO)(CNc2ccnc3nccn23)N1Cc1ccccc1. The summed E-state index contributed by atoms with van der Waals surface area (Å²) < 4.78 is 7.75. The van der Waals surface area contributed by atoms with E-state index >= 15 is 0 Å². The summed E-state index contributed by atoms with van der Waals surface area (Å²) in [4.78, 5) is 10.8. The van der Waals surface area contributed by atoms with Crippen LogP contribution in [0.4, 0.5) is 5.82 Å². The first-order valence-electron chi connectivity index (χ1n) is 9.23. The van der Waals surface area contributed by atoms with Crippen LogP contribution in [0.3, 0.4) is 0 Å². The lowest BCUT2D eigenvalue weighted by molar-refractivity contribution is -0.117. The summed E-state index contributed by atoms with van der Waals surface area (Å²) in [5.74, 6) is 1.54. The molecular weight excluding hydrogens is 342 g/mol. The molecule has 27 heavy (non-hydrogen) atoms. The second-order valence-corrected chi connectivity index (χ2v) is 7.14. The minimum absolute atomic E-state index is 0.00925. The predicted octanol–water partition coefficient (Wildman–Crippen LogP) is 1.79. The fourth-order valence-electron chi connectivity index (χ4n) is 3.74. The molecule has 0 spiro atoms. The first-order valence-corrected chi connectivity index (χ1v) is 9.23. The molecule has 0 aliphatic carbocycles. The molecule has 7 heteroatoms. The Labute approximate surface area is 158 Å². The Morgan fingerprint density at radius 2 is 2.04 bits per heavy atom. The summed E-state index contributed by atoms with van der Waals surface area (Å²) in [7, 11) is 0. The van der Waals surface area contributed by atoms with Gasteiger partial charge in [0.25, 0.3) is 0 Å². The van der Waals surface area contributed by atoms with Crippen molar-refractivity contribution in [3.63, 3.8) is 0 Å². The van der Waals surface area contributed by atoms with E-state index in [2.05, 4.69) is 39.2 Å². The number of aromatic nitrogens is 3. The third kappa shape index (κ3) is 3.53. The van der Waals surface area contributed by atoms with Crippen molar-refractivity contribution in [3.8, 4) is 0 Å². The number of aliphatic hydroxyl groups excluding tert-OH is 1. The van der Waals surface area contributed by atoms with Gasteiger partial charge < -0.3 is 15.2 Å². The number of benzene rings is 1. The van der Waals surface area contributed by atoms with Crippen molar-refractivity contribution in [2.75, 3.05) is 31.7 Å². The normalized spacial score (nSPS) is 23.6. The maximum absolute atomic E-state index is 10.4. The van der Waals surface area contributed by atoms with Crippen LogP contribution in [0.2, 0.25) is 0 Å². The Morgan fingerprint density at radius 1 is 1.22 bits per heavy atom. The van der Waals surface area contributed by atoms with E-state index in [0.717, 1.165) is 12.4 Å². The van der Waals surface area contributed by atoms with E-state index in [1.165, 1.54) is 5.56 Å². The molecule has 1 aromatic carbocycles. The van der Waals surface area contributed by atoms with Crippen LogP contribution in [0.25, 0.3) is 5.78 Å². The number of aliphatic hydroxyl groups is 1. The van der Waals surface area contributed by atoms with Gasteiger partial charge in [-0.1, -0.05) is 30.3 Å². The van der Waals surface area contributed by atoms with Crippen molar-refractivity contribution in [2.45, 2.75) is 25.0 Å². The first kappa shape index (κ1) is 17.9. The molecule has 0 radical (unpaired) electrons. The highest BCUT2D eigenvalue weighted by atomic mass is 16.5. The van der Waals surface area contributed by atoms with Gasteiger partial charge in [0.15, 0.2) is 0 Å². The molecule has 142 valence electrons. The molecule has 2 aromatic heterocycles. The third-order valence-corrected chi connectivity index (χ3v) is 5.26. The highest BCUT2D eigenvalue weighted by Gasteiger charge is 2.42. The van der Waals surface area contributed by atoms with Gasteiger partial charge in [0.1, 0.15) is 5.82 Å². The van der Waals surface area contributed by atoms with Gasteiger partial charge in [-0.2, -0.15) is 0 Å². The lowest BCUT2D eigenvalue weighted by atomic mass is 9.94. The van der Waals surface area contributed by atoms with E-state index in [4.69, 9.17) is 4.74 Å². The highest BCUT2D eigenvalue weighted by molar-refractivity contribution is 5.44. The summed E-state index contributed by atoms with van der Waals surface area (Å²) in [6.07, 6.45) is 5.33. The predicted molar refractivity (Wildman–Crippen MR) is 104 cm³/mol. The van der Waals surface area contributed by atoms with E-state index in [1.807, 2.05) is 34.9 Å². The number of fused-ring (bicyclic) bond motifs is 1. The van der Waals surface area contributed by atoms with Crippen molar-refractivity contribution in [1.82, 2.24) is 19.3 Å². The van der Waals surface area contributed by atoms with Gasteiger partial charge in [0, 0.05) is 37.7 Å². The van der Waals surface area contributed by atoms with Crippen LogP contribution in [0.15, 0.2) is 55.0 Å². The average Bonchev–Trinajstić information content (AvgIpc) is 3.19. The molecule has 3 heterocycles. The van der Waals surface area contributed by atoms with Crippen LogP contribution >= 0.6 is 0 Å². The molecule has 0 bridgehead atoms. The summed E-state index contributed by atoms with van der Waals surface area (Å²) in [6.45, 7) is 4.62. The van der Waals surface area contributed by atoms with Gasteiger partial charge in [-0.15, -0.1) is 0 Å². The summed E-state index contributed by atoms with van der Waals surface area (Å²) in [5.41, 5.74) is 0.717. The van der Waals surface area contributed by atoms with Gasteiger partial charge >= 0.3 is 0 Å². The minimum Gasteiger partial charge on any atom is -0.394 e. The zero-order valence-corrected chi connectivity index (χ0v) is 15.5. The average molecular weight is 367 g/mol. The Balaban J connectivity index is 1.58. The smallest absolute Gasteiger partial charge is 0.235 e. The molecule has 1 aliphatic rings. The maximum atomic E-state index is 10.4. The van der Waals surface area contributed by atoms with Crippen molar-refractivity contribution in [3.05, 3.63) is 60.6 Å². The van der Waals surface area contributed by atoms with Gasteiger partial charge in [0.05, 0.1) is 25.4 Å². The topological polar surface area (TPSA) is 74.9 Å². The van der Waals surface area contributed by atoms with Crippen LogP contribution in [0, 0.1) is 0 Å². The quantitative estimate of drug-likeness (QED) is 0.692. The van der Waals surface area contributed by atoms with Gasteiger partial charge in [-0.3, -0.25) is 9.30 Å². The third-order valence-electron chi connectivity index (χ3n) is 5.26. The molecular formula is C20H25N5O2. The molecule has 0 unspecified atom stereocenters.